The second-order valence-corrected chi connectivity index (χ2v) is 9.17. The SMILES string of the molecule is Cc1ccc(-c2cc3nc(-c4c(C(=O)c5ccc(Cl)cc5)oc5ccc(Cl)cc45)ccn3n2)cc1. The normalized spacial score (nSPS) is 11.4. The highest BCUT2D eigenvalue weighted by atomic mass is 35.5. The number of fused-ring (bicyclic) bond motifs is 2. The molecule has 0 N–H and O–H groups in total. The van der Waals surface area contributed by atoms with Gasteiger partial charge in [-0.1, -0.05) is 53.0 Å². The lowest BCUT2D eigenvalue weighted by atomic mass is 10.0. The van der Waals surface area contributed by atoms with Gasteiger partial charge in [0.1, 0.15) is 5.58 Å². The number of nitrogens with zero attached hydrogens (tertiary/aromatic N) is 3. The first-order valence-electron chi connectivity index (χ1n) is 10.9. The number of ketones is 1. The molecule has 0 aliphatic carbocycles. The predicted molar refractivity (Wildman–Crippen MR) is 138 cm³/mol. The number of furan rings is 1. The molecule has 0 unspecified atom stereocenters. The average molecular weight is 498 g/mol. The molecule has 6 rings (SSSR count). The van der Waals surface area contributed by atoms with E-state index >= 15 is 0 Å². The van der Waals surface area contributed by atoms with Crippen LogP contribution in [-0.2, 0) is 0 Å². The summed E-state index contributed by atoms with van der Waals surface area (Å²) in [6.07, 6.45) is 1.83. The number of carbonyl (C=O) groups excluding carboxylic acids is 1. The van der Waals surface area contributed by atoms with Crippen molar-refractivity contribution >= 4 is 45.6 Å². The summed E-state index contributed by atoms with van der Waals surface area (Å²) < 4.78 is 7.77. The van der Waals surface area contributed by atoms with Gasteiger partial charge in [0.15, 0.2) is 11.4 Å². The van der Waals surface area contributed by atoms with Gasteiger partial charge in [0.2, 0.25) is 5.78 Å². The molecular formula is C28H17Cl2N3O2. The highest BCUT2D eigenvalue weighted by Gasteiger charge is 2.24. The van der Waals surface area contributed by atoms with E-state index in [9.17, 15) is 4.79 Å². The summed E-state index contributed by atoms with van der Waals surface area (Å²) in [5, 5.41) is 6.46. The molecular weight excluding hydrogens is 481 g/mol. The summed E-state index contributed by atoms with van der Waals surface area (Å²) in [7, 11) is 0. The van der Waals surface area contributed by atoms with Crippen LogP contribution in [-0.4, -0.2) is 20.4 Å². The Morgan fingerprint density at radius 3 is 2.37 bits per heavy atom. The fourth-order valence-corrected chi connectivity index (χ4v) is 4.40. The Balaban J connectivity index is 1.52. The Morgan fingerprint density at radius 2 is 1.60 bits per heavy atom. The van der Waals surface area contributed by atoms with Crippen LogP contribution in [0.4, 0.5) is 0 Å². The maximum absolute atomic E-state index is 13.5. The van der Waals surface area contributed by atoms with E-state index in [1.54, 1.807) is 47.0 Å². The monoisotopic (exact) mass is 497 g/mol. The van der Waals surface area contributed by atoms with Gasteiger partial charge in [-0.3, -0.25) is 4.79 Å². The van der Waals surface area contributed by atoms with E-state index in [4.69, 9.17) is 32.6 Å². The highest BCUT2D eigenvalue weighted by molar-refractivity contribution is 6.32. The quantitative estimate of drug-likeness (QED) is 0.234. The molecule has 5 nitrogen and oxygen atoms in total. The number of aryl methyl sites for hydroxylation is 1. The fraction of sp³-hybridized carbons (Fsp3) is 0.0357. The molecule has 7 heteroatoms. The van der Waals surface area contributed by atoms with Crippen LogP contribution in [0.2, 0.25) is 10.0 Å². The van der Waals surface area contributed by atoms with Crippen LogP contribution in [0.1, 0.15) is 21.7 Å². The van der Waals surface area contributed by atoms with Gasteiger partial charge in [-0.05, 0) is 55.5 Å². The van der Waals surface area contributed by atoms with E-state index in [0.29, 0.717) is 43.5 Å². The zero-order valence-electron chi connectivity index (χ0n) is 18.5. The number of carbonyl (C=O) groups is 1. The van der Waals surface area contributed by atoms with Crippen molar-refractivity contribution in [2.45, 2.75) is 6.92 Å². The molecule has 6 aromatic rings. The van der Waals surface area contributed by atoms with Gasteiger partial charge in [0.25, 0.3) is 0 Å². The molecule has 0 amide bonds. The number of hydrogen-bond acceptors (Lipinski definition) is 4. The van der Waals surface area contributed by atoms with Crippen LogP contribution in [0, 0.1) is 6.92 Å². The lowest BCUT2D eigenvalue weighted by Crippen LogP contribution is -2.02. The van der Waals surface area contributed by atoms with Crippen LogP contribution in [0.15, 0.2) is 89.5 Å². The third-order valence-electron chi connectivity index (χ3n) is 5.89. The van der Waals surface area contributed by atoms with Gasteiger partial charge in [0.05, 0.1) is 17.0 Å². The summed E-state index contributed by atoms with van der Waals surface area (Å²) in [6, 6.07) is 23.9. The second kappa shape index (κ2) is 8.38. The van der Waals surface area contributed by atoms with Gasteiger partial charge in [-0.2, -0.15) is 5.10 Å². The zero-order chi connectivity index (χ0) is 24.1. The fourth-order valence-electron chi connectivity index (χ4n) is 4.10. The van der Waals surface area contributed by atoms with Gasteiger partial charge < -0.3 is 4.42 Å². The highest BCUT2D eigenvalue weighted by Crippen LogP contribution is 2.37. The Hall–Kier alpha value is -3.93. The molecule has 3 aromatic heterocycles. The van der Waals surface area contributed by atoms with Crippen molar-refractivity contribution < 1.29 is 9.21 Å². The summed E-state index contributed by atoms with van der Waals surface area (Å²) in [4.78, 5) is 18.3. The maximum atomic E-state index is 13.5. The lowest BCUT2D eigenvalue weighted by molar-refractivity contribution is 0.101. The smallest absolute Gasteiger partial charge is 0.228 e. The molecule has 0 fully saturated rings. The first-order chi connectivity index (χ1) is 17.0. The Bertz CT molecular complexity index is 1730. The van der Waals surface area contributed by atoms with Gasteiger partial charge in [-0.25, -0.2) is 9.50 Å². The molecule has 0 saturated carbocycles. The van der Waals surface area contributed by atoms with E-state index in [-0.39, 0.29) is 11.5 Å². The van der Waals surface area contributed by atoms with Crippen molar-refractivity contribution in [2.75, 3.05) is 0 Å². The molecule has 0 atom stereocenters. The summed E-state index contributed by atoms with van der Waals surface area (Å²) in [5.74, 6) is -0.0702. The molecule has 3 heterocycles. The third-order valence-corrected chi connectivity index (χ3v) is 6.38. The zero-order valence-corrected chi connectivity index (χ0v) is 20.0. The van der Waals surface area contributed by atoms with Crippen molar-refractivity contribution in [3.63, 3.8) is 0 Å². The summed E-state index contributed by atoms with van der Waals surface area (Å²) in [5.41, 5.74) is 5.84. The standard InChI is InChI=1S/C28H17Cl2N3O2/c1-16-2-4-17(5-3-16)23-15-25-31-22(12-13-33(25)32-23)26-21-14-20(30)10-11-24(21)35-28(26)27(34)18-6-8-19(29)9-7-18/h2-15H,1H3. The van der Waals surface area contributed by atoms with Crippen molar-refractivity contribution in [3.05, 3.63) is 112 Å². The van der Waals surface area contributed by atoms with Crippen molar-refractivity contribution in [3.8, 4) is 22.5 Å². The molecule has 35 heavy (non-hydrogen) atoms. The number of rotatable bonds is 4. The Kier molecular flexibility index (Phi) is 5.17. The number of benzene rings is 3. The molecule has 0 saturated heterocycles. The second-order valence-electron chi connectivity index (χ2n) is 8.29. The van der Waals surface area contributed by atoms with Crippen molar-refractivity contribution in [1.29, 1.82) is 0 Å². The summed E-state index contributed by atoms with van der Waals surface area (Å²) in [6.45, 7) is 2.05. The van der Waals surface area contributed by atoms with Gasteiger partial charge in [0, 0.05) is 38.8 Å². The molecule has 0 radical (unpaired) electrons. The number of hydrogen-bond donors (Lipinski definition) is 0. The maximum Gasteiger partial charge on any atom is 0.228 e. The predicted octanol–water partition coefficient (Wildman–Crippen LogP) is 7.66. The van der Waals surface area contributed by atoms with Crippen LogP contribution in [0.25, 0.3) is 39.1 Å². The molecule has 0 spiro atoms. The van der Waals surface area contributed by atoms with Gasteiger partial charge >= 0.3 is 0 Å². The first-order valence-corrected chi connectivity index (χ1v) is 11.7. The minimum Gasteiger partial charge on any atom is -0.452 e. The molecule has 0 aliphatic rings. The van der Waals surface area contributed by atoms with E-state index in [1.807, 2.05) is 49.5 Å². The first kappa shape index (κ1) is 21.6. The molecule has 0 bridgehead atoms. The largest absolute Gasteiger partial charge is 0.452 e. The van der Waals surface area contributed by atoms with Crippen LogP contribution in [0.5, 0.6) is 0 Å². The summed E-state index contributed by atoms with van der Waals surface area (Å²) >= 11 is 12.3. The minimum atomic E-state index is -0.264. The van der Waals surface area contributed by atoms with Crippen molar-refractivity contribution in [2.24, 2.45) is 0 Å². The number of aromatic nitrogens is 3. The minimum absolute atomic E-state index is 0.194. The lowest BCUT2D eigenvalue weighted by Gasteiger charge is -2.04. The van der Waals surface area contributed by atoms with E-state index in [0.717, 1.165) is 11.3 Å². The number of halogens is 2. The Labute approximate surface area is 210 Å². The molecule has 0 aliphatic heterocycles. The molecule has 3 aromatic carbocycles. The molecule has 170 valence electrons. The topological polar surface area (TPSA) is 60.4 Å². The van der Waals surface area contributed by atoms with Crippen LogP contribution >= 0.6 is 23.2 Å². The van der Waals surface area contributed by atoms with E-state index in [1.165, 1.54) is 5.56 Å². The Morgan fingerprint density at radius 1 is 0.857 bits per heavy atom. The van der Waals surface area contributed by atoms with Crippen LogP contribution in [0.3, 0.4) is 0 Å². The van der Waals surface area contributed by atoms with Gasteiger partial charge in [-0.15, -0.1) is 0 Å². The van der Waals surface area contributed by atoms with E-state index < -0.39 is 0 Å². The third kappa shape index (κ3) is 3.89. The van der Waals surface area contributed by atoms with Crippen LogP contribution < -0.4 is 0 Å². The van der Waals surface area contributed by atoms with E-state index in [2.05, 4.69) is 5.10 Å². The average Bonchev–Trinajstić information content (AvgIpc) is 3.45. The van der Waals surface area contributed by atoms with Crippen molar-refractivity contribution in [1.82, 2.24) is 14.6 Å².